The molecular formula is C20H14N2O3. The molecule has 0 aromatic heterocycles. The van der Waals surface area contributed by atoms with Gasteiger partial charge in [0.1, 0.15) is 5.75 Å². The molecule has 0 saturated carbocycles. The van der Waals surface area contributed by atoms with Gasteiger partial charge in [0.15, 0.2) is 0 Å². The Morgan fingerprint density at radius 3 is 2.20 bits per heavy atom. The van der Waals surface area contributed by atoms with Crippen molar-refractivity contribution in [2.75, 3.05) is 7.11 Å². The molecule has 0 saturated heterocycles. The van der Waals surface area contributed by atoms with Crippen molar-refractivity contribution in [1.82, 2.24) is 5.01 Å². The van der Waals surface area contributed by atoms with Gasteiger partial charge in [-0.1, -0.05) is 42.5 Å². The number of amides is 2. The van der Waals surface area contributed by atoms with Gasteiger partial charge in [-0.2, -0.15) is 10.1 Å². The van der Waals surface area contributed by atoms with E-state index in [9.17, 15) is 9.59 Å². The fraction of sp³-hybridized carbons (Fsp3) is 0.0500. The number of carbonyl (C=O) groups excluding carboxylic acids is 2. The van der Waals surface area contributed by atoms with E-state index in [1.165, 1.54) is 6.21 Å². The van der Waals surface area contributed by atoms with E-state index in [0.29, 0.717) is 16.9 Å². The molecule has 0 unspecified atom stereocenters. The van der Waals surface area contributed by atoms with E-state index >= 15 is 0 Å². The zero-order chi connectivity index (χ0) is 17.4. The normalized spacial score (nSPS) is 13.7. The van der Waals surface area contributed by atoms with E-state index in [1.54, 1.807) is 31.4 Å². The second-order valence-corrected chi connectivity index (χ2v) is 5.61. The van der Waals surface area contributed by atoms with Gasteiger partial charge < -0.3 is 4.74 Å². The highest BCUT2D eigenvalue weighted by Crippen LogP contribution is 2.27. The Kier molecular flexibility index (Phi) is 3.54. The first-order valence-corrected chi connectivity index (χ1v) is 7.78. The Bertz CT molecular complexity index is 1010. The first-order chi connectivity index (χ1) is 12.2. The number of imide groups is 1. The summed E-state index contributed by atoms with van der Waals surface area (Å²) in [5, 5.41) is 7.01. The summed E-state index contributed by atoms with van der Waals surface area (Å²) in [4.78, 5) is 24.8. The van der Waals surface area contributed by atoms with Gasteiger partial charge in [-0.25, -0.2) is 0 Å². The van der Waals surface area contributed by atoms with E-state index < -0.39 is 11.8 Å². The zero-order valence-electron chi connectivity index (χ0n) is 13.5. The summed E-state index contributed by atoms with van der Waals surface area (Å²) in [6.45, 7) is 0. The van der Waals surface area contributed by atoms with Crippen LogP contribution in [0.25, 0.3) is 10.8 Å². The Labute approximate surface area is 144 Å². The van der Waals surface area contributed by atoms with Crippen LogP contribution in [0.2, 0.25) is 0 Å². The van der Waals surface area contributed by atoms with Crippen LogP contribution >= 0.6 is 0 Å². The highest BCUT2D eigenvalue weighted by Gasteiger charge is 2.35. The van der Waals surface area contributed by atoms with Gasteiger partial charge in [0.25, 0.3) is 11.8 Å². The number of nitrogens with zero attached hydrogens (tertiary/aromatic N) is 2. The molecule has 122 valence electrons. The number of benzene rings is 3. The Morgan fingerprint density at radius 2 is 1.52 bits per heavy atom. The smallest absolute Gasteiger partial charge is 0.282 e. The zero-order valence-corrected chi connectivity index (χ0v) is 13.5. The Balaban J connectivity index is 1.78. The largest absolute Gasteiger partial charge is 0.496 e. The summed E-state index contributed by atoms with van der Waals surface area (Å²) in [6, 6.07) is 18.3. The molecule has 1 aliphatic heterocycles. The lowest BCUT2D eigenvalue weighted by molar-refractivity contribution is 0.0660. The molecule has 5 heteroatoms. The molecule has 2 amide bonds. The van der Waals surface area contributed by atoms with Crippen molar-refractivity contribution < 1.29 is 14.3 Å². The molecule has 5 nitrogen and oxygen atoms in total. The van der Waals surface area contributed by atoms with E-state index in [4.69, 9.17) is 4.74 Å². The van der Waals surface area contributed by atoms with Crippen molar-refractivity contribution in [3.8, 4) is 5.75 Å². The van der Waals surface area contributed by atoms with Crippen LogP contribution in [0.3, 0.4) is 0 Å². The maximum Gasteiger partial charge on any atom is 0.282 e. The standard InChI is InChI=1S/C20H14N2O3/c1-25-18-11-10-13-6-2-3-7-14(13)17(18)12-21-22-19(23)15-8-4-5-9-16(15)20(22)24/h2-12H,1H3/b21-12-. The molecule has 0 N–H and O–H groups in total. The first kappa shape index (κ1) is 15.1. The third kappa shape index (κ3) is 2.37. The topological polar surface area (TPSA) is 59.0 Å². The lowest BCUT2D eigenvalue weighted by atomic mass is 10.0. The molecule has 0 radical (unpaired) electrons. The predicted octanol–water partition coefficient (Wildman–Crippen LogP) is 3.48. The summed E-state index contributed by atoms with van der Waals surface area (Å²) in [6.07, 6.45) is 1.50. The average Bonchev–Trinajstić information content (AvgIpc) is 2.90. The number of hydrazone groups is 1. The molecule has 0 atom stereocenters. The molecule has 3 aromatic carbocycles. The minimum atomic E-state index is -0.420. The van der Waals surface area contributed by atoms with Crippen LogP contribution in [0.5, 0.6) is 5.75 Å². The molecule has 1 heterocycles. The number of ether oxygens (including phenoxy) is 1. The predicted molar refractivity (Wildman–Crippen MR) is 95.0 cm³/mol. The molecule has 1 aliphatic rings. The van der Waals surface area contributed by atoms with Crippen LogP contribution in [0.1, 0.15) is 26.3 Å². The second-order valence-electron chi connectivity index (χ2n) is 5.61. The van der Waals surface area contributed by atoms with Gasteiger partial charge in [0.05, 0.1) is 24.5 Å². The number of methoxy groups -OCH3 is 1. The van der Waals surface area contributed by atoms with E-state index in [-0.39, 0.29) is 0 Å². The molecule has 4 rings (SSSR count). The minimum absolute atomic E-state index is 0.370. The third-order valence-corrected chi connectivity index (χ3v) is 4.23. The van der Waals surface area contributed by atoms with Crippen molar-refractivity contribution in [2.24, 2.45) is 5.10 Å². The van der Waals surface area contributed by atoms with Gasteiger partial charge in [-0.05, 0) is 29.0 Å². The summed E-state index contributed by atoms with van der Waals surface area (Å²) in [5.41, 5.74) is 1.46. The van der Waals surface area contributed by atoms with Crippen LogP contribution in [-0.2, 0) is 0 Å². The summed E-state index contributed by atoms with van der Waals surface area (Å²) in [7, 11) is 1.57. The van der Waals surface area contributed by atoms with Crippen molar-refractivity contribution in [3.05, 3.63) is 77.4 Å². The van der Waals surface area contributed by atoms with Crippen LogP contribution in [-0.4, -0.2) is 30.1 Å². The average molecular weight is 330 g/mol. The molecule has 0 spiro atoms. The molecular weight excluding hydrogens is 316 g/mol. The van der Waals surface area contributed by atoms with Crippen molar-refractivity contribution in [2.45, 2.75) is 0 Å². The minimum Gasteiger partial charge on any atom is -0.496 e. The number of fused-ring (bicyclic) bond motifs is 2. The lowest BCUT2D eigenvalue weighted by Gasteiger charge is -2.10. The van der Waals surface area contributed by atoms with Gasteiger partial charge in [-0.15, -0.1) is 0 Å². The second kappa shape index (κ2) is 5.87. The summed E-state index contributed by atoms with van der Waals surface area (Å²) in [5.74, 6) is -0.217. The first-order valence-electron chi connectivity index (χ1n) is 7.78. The SMILES string of the molecule is COc1ccc2ccccc2c1/C=N\N1C(=O)c2ccccc2C1=O. The fourth-order valence-corrected chi connectivity index (χ4v) is 2.98. The molecule has 0 bridgehead atoms. The van der Waals surface area contributed by atoms with E-state index in [0.717, 1.165) is 21.3 Å². The number of rotatable bonds is 3. The quantitative estimate of drug-likeness (QED) is 0.546. The number of carbonyl (C=O) groups is 2. The fourth-order valence-electron chi connectivity index (χ4n) is 2.98. The molecule has 0 aliphatic carbocycles. The molecule has 25 heavy (non-hydrogen) atoms. The highest BCUT2D eigenvalue weighted by molar-refractivity contribution is 6.21. The number of hydrogen-bond donors (Lipinski definition) is 0. The maximum absolute atomic E-state index is 12.4. The van der Waals surface area contributed by atoms with Crippen molar-refractivity contribution in [3.63, 3.8) is 0 Å². The highest BCUT2D eigenvalue weighted by atomic mass is 16.5. The van der Waals surface area contributed by atoms with Crippen molar-refractivity contribution in [1.29, 1.82) is 0 Å². The van der Waals surface area contributed by atoms with Gasteiger partial charge in [-0.3, -0.25) is 9.59 Å². The van der Waals surface area contributed by atoms with Gasteiger partial charge >= 0.3 is 0 Å². The van der Waals surface area contributed by atoms with Gasteiger partial charge in [0, 0.05) is 5.56 Å². The Morgan fingerprint density at radius 1 is 0.880 bits per heavy atom. The van der Waals surface area contributed by atoms with Crippen LogP contribution in [0.15, 0.2) is 65.8 Å². The summed E-state index contributed by atoms with van der Waals surface area (Å²) >= 11 is 0. The third-order valence-electron chi connectivity index (χ3n) is 4.23. The lowest BCUT2D eigenvalue weighted by Crippen LogP contribution is -2.24. The van der Waals surface area contributed by atoms with Gasteiger partial charge in [0.2, 0.25) is 0 Å². The Hall–Kier alpha value is -3.47. The van der Waals surface area contributed by atoms with Crippen molar-refractivity contribution >= 4 is 28.8 Å². The van der Waals surface area contributed by atoms with Crippen LogP contribution < -0.4 is 4.74 Å². The summed E-state index contributed by atoms with van der Waals surface area (Å²) < 4.78 is 5.40. The number of hydrogen-bond acceptors (Lipinski definition) is 4. The maximum atomic E-state index is 12.4. The molecule has 0 fully saturated rings. The van der Waals surface area contributed by atoms with Crippen LogP contribution in [0.4, 0.5) is 0 Å². The van der Waals surface area contributed by atoms with E-state index in [1.807, 2.05) is 36.4 Å². The monoisotopic (exact) mass is 330 g/mol. The van der Waals surface area contributed by atoms with E-state index in [2.05, 4.69) is 5.10 Å². The van der Waals surface area contributed by atoms with Crippen LogP contribution in [0, 0.1) is 0 Å². The molecule has 3 aromatic rings.